The van der Waals surface area contributed by atoms with E-state index in [2.05, 4.69) is 5.32 Å². The lowest BCUT2D eigenvalue weighted by molar-refractivity contribution is -0.231. The third-order valence-corrected chi connectivity index (χ3v) is 4.05. The molecule has 0 spiro atoms. The van der Waals surface area contributed by atoms with Crippen molar-refractivity contribution in [1.82, 2.24) is 5.32 Å². The Morgan fingerprint density at radius 3 is 2.30 bits per heavy atom. The van der Waals surface area contributed by atoms with Gasteiger partial charge in [-0.2, -0.15) is 0 Å². The van der Waals surface area contributed by atoms with Crippen LogP contribution in [0.2, 0.25) is 0 Å². The highest BCUT2D eigenvalue weighted by atomic mass is 16.9. The molecule has 3 rings (SSSR count). The molecule has 0 bridgehead atoms. The lowest BCUT2D eigenvalue weighted by Crippen LogP contribution is -2.59. The van der Waals surface area contributed by atoms with Crippen LogP contribution >= 0.6 is 0 Å². The fourth-order valence-electron chi connectivity index (χ4n) is 3.21. The Bertz CT molecular complexity index is 467. The van der Waals surface area contributed by atoms with Crippen LogP contribution in [0.5, 0.6) is 0 Å². The van der Waals surface area contributed by atoms with Gasteiger partial charge in [0.25, 0.3) is 5.91 Å². The summed E-state index contributed by atoms with van der Waals surface area (Å²) in [7, 11) is 0. The first kappa shape index (κ1) is 17.1. The van der Waals surface area contributed by atoms with E-state index >= 15 is 0 Å². The summed E-state index contributed by atoms with van der Waals surface area (Å²) in [6.07, 6.45) is -2.51. The molecule has 8 nitrogen and oxygen atoms in total. The van der Waals surface area contributed by atoms with Gasteiger partial charge in [0.15, 0.2) is 24.0 Å². The van der Waals surface area contributed by atoms with Crippen molar-refractivity contribution < 1.29 is 33.6 Å². The van der Waals surface area contributed by atoms with Gasteiger partial charge in [-0.25, -0.2) is 0 Å². The van der Waals surface area contributed by atoms with Gasteiger partial charge in [-0.1, -0.05) is 0 Å². The van der Waals surface area contributed by atoms with E-state index in [0.29, 0.717) is 13.0 Å². The maximum absolute atomic E-state index is 12.4. The van der Waals surface area contributed by atoms with Crippen molar-refractivity contribution in [3.8, 4) is 0 Å². The zero-order valence-electron chi connectivity index (χ0n) is 13.9. The van der Waals surface area contributed by atoms with Crippen molar-refractivity contribution in [2.75, 3.05) is 13.2 Å². The van der Waals surface area contributed by atoms with Gasteiger partial charge in [-0.15, -0.1) is 0 Å². The van der Waals surface area contributed by atoms with E-state index in [0.717, 1.165) is 0 Å². The number of ether oxygens (including phenoxy) is 5. The molecule has 0 aliphatic carbocycles. The molecule has 0 unspecified atom stereocenters. The normalized spacial score (nSPS) is 40.5. The van der Waals surface area contributed by atoms with Gasteiger partial charge >= 0.3 is 0 Å². The van der Waals surface area contributed by atoms with Crippen LogP contribution in [0.4, 0.5) is 0 Å². The van der Waals surface area contributed by atoms with Crippen LogP contribution in [0.25, 0.3) is 0 Å². The third-order valence-electron chi connectivity index (χ3n) is 4.05. The first-order valence-corrected chi connectivity index (χ1v) is 7.98. The molecule has 5 atom stereocenters. The van der Waals surface area contributed by atoms with E-state index in [1.807, 2.05) is 0 Å². The minimum absolute atomic E-state index is 0.0142. The van der Waals surface area contributed by atoms with Gasteiger partial charge in [-0.3, -0.25) is 4.79 Å². The van der Waals surface area contributed by atoms with E-state index in [1.54, 1.807) is 27.7 Å². The van der Waals surface area contributed by atoms with Gasteiger partial charge < -0.3 is 34.1 Å². The molecule has 23 heavy (non-hydrogen) atoms. The Morgan fingerprint density at radius 1 is 1.00 bits per heavy atom. The first-order chi connectivity index (χ1) is 10.7. The number of rotatable bonds is 4. The number of aliphatic hydroxyl groups is 1. The Hall–Kier alpha value is -0.770. The molecule has 0 saturated carbocycles. The molecule has 3 aliphatic heterocycles. The van der Waals surface area contributed by atoms with Crippen LogP contribution in [0.15, 0.2) is 0 Å². The van der Waals surface area contributed by atoms with Gasteiger partial charge in [-0.05, 0) is 34.1 Å². The third kappa shape index (κ3) is 3.38. The second kappa shape index (κ2) is 5.94. The molecular formula is C15H25NO7. The summed E-state index contributed by atoms with van der Waals surface area (Å²) in [5.74, 6) is -1.94. The van der Waals surface area contributed by atoms with Gasteiger partial charge in [0.2, 0.25) is 0 Å². The summed E-state index contributed by atoms with van der Waals surface area (Å²) in [5.41, 5.74) is 0. The van der Waals surface area contributed by atoms with Crippen molar-refractivity contribution in [3.63, 3.8) is 0 Å². The molecule has 0 aromatic heterocycles. The number of aliphatic hydroxyl groups excluding tert-OH is 1. The topological polar surface area (TPSA) is 95.5 Å². The minimum Gasteiger partial charge on any atom is -0.396 e. The average molecular weight is 331 g/mol. The summed E-state index contributed by atoms with van der Waals surface area (Å²) in [6.45, 7) is 7.56. The van der Waals surface area contributed by atoms with Crippen molar-refractivity contribution in [2.45, 2.75) is 76.4 Å². The first-order valence-electron chi connectivity index (χ1n) is 7.98. The Kier molecular flexibility index (Phi) is 4.41. The van der Waals surface area contributed by atoms with Crippen molar-refractivity contribution >= 4 is 5.91 Å². The SMILES string of the molecule is CC1(C)O[C@H]2[C@@H](O1)[C@@H](C(=O)NCCCO)O[C@H]1OC(C)(C)O[C@@H]12. The molecule has 8 heteroatoms. The predicted molar refractivity (Wildman–Crippen MR) is 77.2 cm³/mol. The average Bonchev–Trinajstić information content (AvgIpc) is 2.92. The number of hydrogen-bond acceptors (Lipinski definition) is 7. The van der Waals surface area contributed by atoms with Gasteiger partial charge in [0.05, 0.1) is 0 Å². The molecule has 3 fully saturated rings. The fraction of sp³-hybridized carbons (Fsp3) is 0.933. The highest BCUT2D eigenvalue weighted by Gasteiger charge is 2.62. The standard InChI is InChI=1S/C15H25NO7/c1-14(2)20-8-9(21-14)11-13(23-15(3,4)22-11)19-10(8)12(18)16-6-5-7-17/h8-11,13,17H,5-7H2,1-4H3,(H,16,18)/t8-,9+,10+,11-,13+/m1/s1. The zero-order chi connectivity index (χ0) is 16.8. The number of carbonyl (C=O) groups is 1. The van der Waals surface area contributed by atoms with Crippen molar-refractivity contribution in [1.29, 1.82) is 0 Å². The van der Waals surface area contributed by atoms with Crippen LogP contribution in [0.3, 0.4) is 0 Å². The largest absolute Gasteiger partial charge is 0.396 e. The second-order valence-electron chi connectivity index (χ2n) is 6.96. The van der Waals surface area contributed by atoms with Crippen LogP contribution in [0.1, 0.15) is 34.1 Å². The second-order valence-corrected chi connectivity index (χ2v) is 6.96. The summed E-state index contributed by atoms with van der Waals surface area (Å²) in [5, 5.41) is 11.6. The lowest BCUT2D eigenvalue weighted by atomic mass is 9.98. The molecule has 1 amide bonds. The van der Waals surface area contributed by atoms with E-state index in [4.69, 9.17) is 28.8 Å². The van der Waals surface area contributed by atoms with Crippen LogP contribution < -0.4 is 5.32 Å². The van der Waals surface area contributed by atoms with Crippen LogP contribution in [-0.4, -0.2) is 66.4 Å². The molecule has 2 N–H and O–H groups in total. The molecule has 132 valence electrons. The molecular weight excluding hydrogens is 306 g/mol. The molecule has 0 aromatic rings. The fourth-order valence-corrected chi connectivity index (χ4v) is 3.21. The summed E-state index contributed by atoms with van der Waals surface area (Å²) in [6, 6.07) is 0. The molecule has 3 aliphatic rings. The highest BCUT2D eigenvalue weighted by Crippen LogP contribution is 2.44. The van der Waals surface area contributed by atoms with Crippen LogP contribution in [0, 0.1) is 0 Å². The van der Waals surface area contributed by atoms with E-state index in [1.165, 1.54) is 0 Å². The lowest BCUT2D eigenvalue weighted by Gasteiger charge is -2.36. The number of carbonyl (C=O) groups excluding carboxylic acids is 1. The Morgan fingerprint density at radius 2 is 1.61 bits per heavy atom. The number of fused-ring (bicyclic) bond motifs is 3. The highest BCUT2D eigenvalue weighted by molar-refractivity contribution is 5.81. The predicted octanol–water partition coefficient (Wildman–Crippen LogP) is -0.118. The molecule has 3 saturated heterocycles. The molecule has 3 heterocycles. The summed E-state index contributed by atoms with van der Waals surface area (Å²) in [4.78, 5) is 12.4. The van der Waals surface area contributed by atoms with E-state index in [-0.39, 0.29) is 12.5 Å². The maximum Gasteiger partial charge on any atom is 0.252 e. The monoisotopic (exact) mass is 331 g/mol. The van der Waals surface area contributed by atoms with E-state index in [9.17, 15) is 4.79 Å². The Balaban J connectivity index is 1.77. The van der Waals surface area contributed by atoms with Crippen LogP contribution in [-0.2, 0) is 28.5 Å². The summed E-state index contributed by atoms with van der Waals surface area (Å²) < 4.78 is 29.2. The zero-order valence-corrected chi connectivity index (χ0v) is 13.9. The number of hydrogen-bond donors (Lipinski definition) is 2. The number of amides is 1. The quantitative estimate of drug-likeness (QED) is 0.694. The molecule has 0 aromatic carbocycles. The van der Waals surface area contributed by atoms with Gasteiger partial charge in [0, 0.05) is 13.2 Å². The van der Waals surface area contributed by atoms with Crippen molar-refractivity contribution in [2.24, 2.45) is 0 Å². The van der Waals surface area contributed by atoms with Gasteiger partial charge in [0.1, 0.15) is 18.3 Å². The van der Waals surface area contributed by atoms with Crippen molar-refractivity contribution in [3.05, 3.63) is 0 Å². The Labute approximate surface area is 135 Å². The maximum atomic E-state index is 12.4. The smallest absolute Gasteiger partial charge is 0.252 e. The minimum atomic E-state index is -0.848. The number of nitrogens with one attached hydrogen (secondary N) is 1. The molecule has 0 radical (unpaired) electrons. The van der Waals surface area contributed by atoms with E-state index < -0.39 is 42.3 Å². The summed E-state index contributed by atoms with van der Waals surface area (Å²) >= 11 is 0.